The van der Waals surface area contributed by atoms with E-state index in [0.717, 1.165) is 26.2 Å². The Labute approximate surface area is 210 Å². The van der Waals surface area contributed by atoms with Crippen molar-refractivity contribution in [2.45, 2.75) is 29.9 Å². The van der Waals surface area contributed by atoms with Crippen LogP contribution in [0.4, 0.5) is 10.8 Å². The second kappa shape index (κ2) is 11.2. The normalized spacial score (nSPS) is 11.7. The number of carboxylic acid groups (broad SMARTS) is 1. The summed E-state index contributed by atoms with van der Waals surface area (Å²) >= 11 is 2.79. The first-order valence-electron chi connectivity index (χ1n) is 10.9. The average Bonchev–Trinajstić information content (AvgIpc) is 3.23. The Kier molecular flexibility index (Phi) is 7.79. The van der Waals surface area contributed by atoms with Crippen LogP contribution in [0, 0.1) is 6.92 Å². The number of carboxylic acids is 1. The number of rotatable bonds is 9. The number of hydrogen-bond acceptors (Lipinski definition) is 6. The average molecular weight is 506 g/mol. The highest BCUT2D eigenvalue weighted by molar-refractivity contribution is 8.00. The lowest BCUT2D eigenvalue weighted by atomic mass is 10.1. The third-order valence-electron chi connectivity index (χ3n) is 5.05. The van der Waals surface area contributed by atoms with Crippen molar-refractivity contribution in [3.8, 4) is 0 Å². The van der Waals surface area contributed by atoms with Crippen LogP contribution in [-0.2, 0) is 14.4 Å². The van der Waals surface area contributed by atoms with E-state index in [9.17, 15) is 14.4 Å². The van der Waals surface area contributed by atoms with Crippen LogP contribution in [-0.4, -0.2) is 27.9 Å². The molecule has 0 radical (unpaired) electrons. The monoisotopic (exact) mass is 505 g/mol. The molecule has 7 nitrogen and oxygen atoms in total. The van der Waals surface area contributed by atoms with Gasteiger partial charge in [-0.2, -0.15) is 0 Å². The van der Waals surface area contributed by atoms with Gasteiger partial charge in [-0.05, 0) is 48.4 Å². The number of hydrogen-bond donors (Lipinski definition) is 3. The van der Waals surface area contributed by atoms with Crippen LogP contribution in [0.25, 0.3) is 10.2 Å². The second-order valence-corrected chi connectivity index (χ2v) is 10.1. The van der Waals surface area contributed by atoms with Gasteiger partial charge in [0, 0.05) is 17.0 Å². The molecule has 1 atom stereocenters. The molecule has 1 aromatic heterocycles. The van der Waals surface area contributed by atoms with Crippen LogP contribution >= 0.6 is 23.1 Å². The Hall–Kier alpha value is -3.69. The van der Waals surface area contributed by atoms with Crippen LogP contribution in [0.1, 0.15) is 29.2 Å². The summed E-state index contributed by atoms with van der Waals surface area (Å²) in [7, 11) is 0. The minimum atomic E-state index is -1.02. The molecular weight excluding hydrogens is 482 g/mol. The number of aromatic nitrogens is 1. The number of aliphatic carboxylic acids is 1. The molecular formula is C26H23N3O4S2. The molecule has 4 aromatic rings. The molecule has 4 rings (SSSR count). The fourth-order valence-electron chi connectivity index (χ4n) is 3.38. The first-order chi connectivity index (χ1) is 16.9. The molecule has 3 aromatic carbocycles. The number of fused-ring (bicyclic) bond motifs is 1. The van der Waals surface area contributed by atoms with Crippen LogP contribution < -0.4 is 10.6 Å². The number of aryl methyl sites for hydroxylation is 1. The van der Waals surface area contributed by atoms with Crippen molar-refractivity contribution in [2.75, 3.05) is 10.6 Å². The van der Waals surface area contributed by atoms with Gasteiger partial charge >= 0.3 is 5.97 Å². The van der Waals surface area contributed by atoms with Gasteiger partial charge in [-0.1, -0.05) is 53.8 Å². The fraction of sp³-hybridized carbons (Fsp3) is 0.154. The molecule has 1 unspecified atom stereocenters. The predicted octanol–water partition coefficient (Wildman–Crippen LogP) is 5.88. The van der Waals surface area contributed by atoms with E-state index in [1.54, 1.807) is 18.2 Å². The highest BCUT2D eigenvalue weighted by Crippen LogP contribution is 2.38. The van der Waals surface area contributed by atoms with Gasteiger partial charge in [-0.3, -0.25) is 14.4 Å². The lowest BCUT2D eigenvalue weighted by Gasteiger charge is -2.17. The molecule has 0 saturated heterocycles. The Morgan fingerprint density at radius 1 is 0.971 bits per heavy atom. The quantitative estimate of drug-likeness (QED) is 0.245. The molecule has 1 heterocycles. The van der Waals surface area contributed by atoms with Gasteiger partial charge in [-0.15, -0.1) is 11.8 Å². The minimum Gasteiger partial charge on any atom is -0.481 e. The topological polar surface area (TPSA) is 108 Å². The van der Waals surface area contributed by atoms with Crippen molar-refractivity contribution < 1.29 is 19.5 Å². The van der Waals surface area contributed by atoms with Crippen LogP contribution in [0.2, 0.25) is 0 Å². The van der Waals surface area contributed by atoms with E-state index in [1.165, 1.54) is 23.1 Å². The summed E-state index contributed by atoms with van der Waals surface area (Å²) in [5.74, 6) is -1.60. The Balaban J connectivity index is 1.53. The summed E-state index contributed by atoms with van der Waals surface area (Å²) < 4.78 is 1.01. The molecule has 0 fully saturated rings. The summed E-state index contributed by atoms with van der Waals surface area (Å²) in [6.07, 6.45) is -0.342. The van der Waals surface area contributed by atoms with Crippen LogP contribution in [0.3, 0.4) is 0 Å². The molecule has 0 saturated carbocycles. The SMILES string of the molecule is Cc1ccc2nc(NC(=O)C(Sc3cccc(NC(=O)CCC(=O)O)c3)c3ccccc3)sc2c1. The number of nitrogens with one attached hydrogen (secondary N) is 2. The maximum Gasteiger partial charge on any atom is 0.303 e. The maximum absolute atomic E-state index is 13.4. The van der Waals surface area contributed by atoms with Crippen molar-refractivity contribution in [3.63, 3.8) is 0 Å². The van der Waals surface area contributed by atoms with Crippen molar-refractivity contribution >= 4 is 61.9 Å². The van der Waals surface area contributed by atoms with E-state index in [0.29, 0.717) is 10.8 Å². The number of thioether (sulfide) groups is 1. The van der Waals surface area contributed by atoms with Crippen molar-refractivity contribution in [1.29, 1.82) is 0 Å². The van der Waals surface area contributed by atoms with Gasteiger partial charge in [0.15, 0.2) is 5.13 Å². The fourth-order valence-corrected chi connectivity index (χ4v) is 5.43. The van der Waals surface area contributed by atoms with E-state index >= 15 is 0 Å². The summed E-state index contributed by atoms with van der Waals surface area (Å²) in [5.41, 5.74) is 3.35. The number of carbonyl (C=O) groups excluding carboxylic acids is 2. The van der Waals surface area contributed by atoms with E-state index in [1.807, 2.05) is 61.5 Å². The number of amides is 2. The zero-order valence-electron chi connectivity index (χ0n) is 18.9. The first-order valence-corrected chi connectivity index (χ1v) is 12.6. The number of anilines is 2. The van der Waals surface area contributed by atoms with Crippen molar-refractivity contribution in [3.05, 3.63) is 83.9 Å². The van der Waals surface area contributed by atoms with Crippen molar-refractivity contribution in [2.24, 2.45) is 0 Å². The number of nitrogens with zero attached hydrogens (tertiary/aromatic N) is 1. The minimum absolute atomic E-state index is 0.108. The van der Waals surface area contributed by atoms with Crippen LogP contribution in [0.15, 0.2) is 77.7 Å². The van der Waals surface area contributed by atoms with E-state index in [2.05, 4.69) is 15.6 Å². The van der Waals surface area contributed by atoms with Gasteiger partial charge < -0.3 is 15.7 Å². The summed E-state index contributed by atoms with van der Waals surface area (Å²) in [6, 6.07) is 22.6. The van der Waals surface area contributed by atoms with Gasteiger partial charge in [0.2, 0.25) is 11.8 Å². The molecule has 3 N–H and O–H groups in total. The molecule has 178 valence electrons. The Bertz CT molecular complexity index is 1370. The molecule has 2 amide bonds. The highest BCUT2D eigenvalue weighted by Gasteiger charge is 2.23. The van der Waals surface area contributed by atoms with E-state index in [4.69, 9.17) is 5.11 Å². The van der Waals surface area contributed by atoms with Gasteiger partial charge in [0.05, 0.1) is 16.6 Å². The molecule has 35 heavy (non-hydrogen) atoms. The summed E-state index contributed by atoms with van der Waals surface area (Å²) in [5, 5.41) is 14.4. The lowest BCUT2D eigenvalue weighted by molar-refractivity contribution is -0.138. The largest absolute Gasteiger partial charge is 0.481 e. The zero-order chi connectivity index (χ0) is 24.8. The number of benzene rings is 3. The zero-order valence-corrected chi connectivity index (χ0v) is 20.5. The molecule has 9 heteroatoms. The molecule has 0 aliphatic rings. The first kappa shape index (κ1) is 24.4. The van der Waals surface area contributed by atoms with Gasteiger partial charge in [0.1, 0.15) is 5.25 Å². The summed E-state index contributed by atoms with van der Waals surface area (Å²) in [6.45, 7) is 2.02. The smallest absolute Gasteiger partial charge is 0.303 e. The van der Waals surface area contributed by atoms with Gasteiger partial charge in [-0.25, -0.2) is 4.98 Å². The standard InChI is InChI=1S/C26H23N3O4S2/c1-16-10-11-20-21(14-16)35-26(28-20)29-25(33)24(17-6-3-2-4-7-17)34-19-9-5-8-18(15-19)27-22(30)12-13-23(31)32/h2-11,14-15,24H,12-13H2,1H3,(H,27,30)(H,31,32)(H,28,29,33). The van der Waals surface area contributed by atoms with Gasteiger partial charge in [0.25, 0.3) is 0 Å². The lowest BCUT2D eigenvalue weighted by Crippen LogP contribution is -2.19. The maximum atomic E-state index is 13.4. The van der Waals surface area contributed by atoms with E-state index < -0.39 is 11.2 Å². The number of thiazole rings is 1. The second-order valence-electron chi connectivity index (χ2n) is 7.86. The van der Waals surface area contributed by atoms with E-state index in [-0.39, 0.29) is 24.7 Å². The summed E-state index contributed by atoms with van der Waals surface area (Å²) in [4.78, 5) is 41.4. The third-order valence-corrected chi connectivity index (χ3v) is 7.23. The van der Waals surface area contributed by atoms with Crippen molar-refractivity contribution in [1.82, 2.24) is 4.98 Å². The third kappa shape index (κ3) is 6.68. The molecule has 0 bridgehead atoms. The Morgan fingerprint density at radius 3 is 2.54 bits per heavy atom. The Morgan fingerprint density at radius 2 is 1.77 bits per heavy atom. The van der Waals surface area contributed by atoms with Crippen LogP contribution in [0.5, 0.6) is 0 Å². The molecule has 0 spiro atoms. The highest BCUT2D eigenvalue weighted by atomic mass is 32.2. The molecule has 0 aliphatic heterocycles. The number of carbonyl (C=O) groups is 3. The molecule has 0 aliphatic carbocycles. The predicted molar refractivity (Wildman–Crippen MR) is 140 cm³/mol.